The largest absolute Gasteiger partial charge is 0.269 e. The third kappa shape index (κ3) is 2.11. The summed E-state index contributed by atoms with van der Waals surface area (Å²) in [4.78, 5) is 13.8. The van der Waals surface area contributed by atoms with Crippen molar-refractivity contribution in [2.24, 2.45) is 5.92 Å². The zero-order valence-corrected chi connectivity index (χ0v) is 19.0. The molecule has 1 fully saturated rings. The van der Waals surface area contributed by atoms with Crippen LogP contribution < -0.4 is 0 Å². The van der Waals surface area contributed by atoms with Gasteiger partial charge in [-0.25, -0.2) is 0 Å². The van der Waals surface area contributed by atoms with Crippen molar-refractivity contribution in [1.29, 1.82) is 0 Å². The number of hydrogen-bond acceptors (Lipinski definition) is 4. The van der Waals surface area contributed by atoms with E-state index in [0.717, 1.165) is 16.9 Å². The van der Waals surface area contributed by atoms with Gasteiger partial charge in [0.15, 0.2) is 0 Å². The minimum absolute atomic E-state index is 0.121. The van der Waals surface area contributed by atoms with Gasteiger partial charge in [-0.05, 0) is 57.5 Å². The number of fused-ring (bicyclic) bond motifs is 9. The van der Waals surface area contributed by atoms with Crippen LogP contribution in [0, 0.1) is 16.0 Å². The summed E-state index contributed by atoms with van der Waals surface area (Å²) in [5.74, 6) is 0.427. The van der Waals surface area contributed by atoms with Crippen LogP contribution in [-0.2, 0) is 15.9 Å². The highest BCUT2D eigenvalue weighted by Crippen LogP contribution is 2.86. The van der Waals surface area contributed by atoms with E-state index in [1.807, 2.05) is 23.9 Å². The number of nitrogens with zero attached hydrogens (tertiary/aromatic N) is 1. The third-order valence-electron chi connectivity index (χ3n) is 7.44. The molecule has 0 radical (unpaired) electrons. The Morgan fingerprint density at radius 2 is 1.72 bits per heavy atom. The van der Waals surface area contributed by atoms with E-state index in [0.29, 0.717) is 5.92 Å². The maximum atomic E-state index is 11.7. The van der Waals surface area contributed by atoms with Gasteiger partial charge in [-0.3, -0.25) is 10.1 Å². The second kappa shape index (κ2) is 6.18. The van der Waals surface area contributed by atoms with E-state index in [-0.39, 0.29) is 20.1 Å². The smallest absolute Gasteiger partial charge is 0.258 e. The lowest BCUT2D eigenvalue weighted by atomic mass is 9.73. The molecule has 3 atom stereocenters. The fourth-order valence-corrected chi connectivity index (χ4v) is 9.60. The molecule has 0 aromatic heterocycles. The van der Waals surface area contributed by atoms with Gasteiger partial charge in [0.05, 0.1) is 14.4 Å². The van der Waals surface area contributed by atoms with E-state index in [4.69, 9.17) is 0 Å². The lowest BCUT2D eigenvalue weighted by Gasteiger charge is -2.32. The highest BCUT2D eigenvalue weighted by molar-refractivity contribution is 8.09. The van der Waals surface area contributed by atoms with Crippen molar-refractivity contribution in [3.05, 3.63) is 111 Å². The highest BCUT2D eigenvalue weighted by atomic mass is 32.2. The first-order valence-electron chi connectivity index (χ1n) is 10.8. The van der Waals surface area contributed by atoms with Crippen molar-refractivity contribution < 1.29 is 4.92 Å². The first-order valence-corrected chi connectivity index (χ1v) is 12.5. The maximum Gasteiger partial charge on any atom is 0.269 e. The minimum Gasteiger partial charge on any atom is -0.258 e. The Kier molecular flexibility index (Phi) is 3.63. The zero-order valence-electron chi connectivity index (χ0n) is 17.4. The predicted molar refractivity (Wildman–Crippen MR) is 131 cm³/mol. The van der Waals surface area contributed by atoms with Gasteiger partial charge in [-0.2, -0.15) is 0 Å². The van der Waals surface area contributed by atoms with Crippen LogP contribution in [0.2, 0.25) is 0 Å². The summed E-state index contributed by atoms with van der Waals surface area (Å²) in [6, 6.07) is 27.3. The first kappa shape index (κ1) is 18.8. The predicted octanol–water partition coefficient (Wildman–Crippen LogP) is 7.29. The molecule has 0 amide bonds. The number of nitro benzene ring substituents is 1. The molecule has 2 aliphatic heterocycles. The summed E-state index contributed by atoms with van der Waals surface area (Å²) in [6.45, 7) is 2.36. The summed E-state index contributed by atoms with van der Waals surface area (Å²) in [5, 5.41) is 14.3. The third-order valence-corrected chi connectivity index (χ3v) is 10.7. The molecule has 2 heterocycles. The van der Waals surface area contributed by atoms with Gasteiger partial charge in [0.25, 0.3) is 5.69 Å². The maximum absolute atomic E-state index is 11.7. The molecular weight excluding hydrogens is 434 g/mol. The number of nitro groups is 1. The molecule has 0 bridgehead atoms. The molecule has 7 rings (SSSR count). The normalized spacial score (nSPS) is 26.7. The van der Waals surface area contributed by atoms with Crippen LogP contribution in [0.15, 0.2) is 88.7 Å². The van der Waals surface area contributed by atoms with E-state index >= 15 is 0 Å². The summed E-state index contributed by atoms with van der Waals surface area (Å²) in [6.07, 6.45) is 1.04. The van der Waals surface area contributed by atoms with Gasteiger partial charge in [-0.15, -0.1) is 11.8 Å². The lowest BCUT2D eigenvalue weighted by Crippen LogP contribution is -2.29. The van der Waals surface area contributed by atoms with Crippen molar-refractivity contribution in [2.75, 3.05) is 0 Å². The lowest BCUT2D eigenvalue weighted by molar-refractivity contribution is -0.385. The molecule has 2 spiro atoms. The van der Waals surface area contributed by atoms with Crippen LogP contribution in [0.3, 0.4) is 0 Å². The average Bonchev–Trinajstić information content (AvgIpc) is 3.40. The van der Waals surface area contributed by atoms with Crippen molar-refractivity contribution >= 4 is 40.0 Å². The molecule has 3 nitrogen and oxygen atoms in total. The molecule has 156 valence electrons. The van der Waals surface area contributed by atoms with Crippen molar-refractivity contribution in [3.8, 4) is 0 Å². The van der Waals surface area contributed by atoms with E-state index in [1.165, 1.54) is 32.4 Å². The topological polar surface area (TPSA) is 43.1 Å². The average molecular weight is 454 g/mol. The molecule has 4 aromatic rings. The number of benzene rings is 4. The molecular formula is C27H19NO2S2. The van der Waals surface area contributed by atoms with E-state index < -0.39 is 0 Å². The number of rotatable bonds is 1. The fourth-order valence-electron chi connectivity index (χ4n) is 6.15. The van der Waals surface area contributed by atoms with E-state index in [2.05, 4.69) is 67.6 Å². The second-order valence-electron chi connectivity index (χ2n) is 8.98. The fraction of sp³-hybridized carbons (Fsp3) is 0.185. The van der Waals surface area contributed by atoms with Gasteiger partial charge in [0.1, 0.15) is 0 Å². The molecule has 0 N–H and O–H groups in total. The van der Waals surface area contributed by atoms with Gasteiger partial charge in [0.2, 0.25) is 0 Å². The van der Waals surface area contributed by atoms with Crippen molar-refractivity contribution in [1.82, 2.24) is 0 Å². The van der Waals surface area contributed by atoms with Crippen LogP contribution in [0.25, 0.3) is 10.8 Å². The molecule has 1 aliphatic carbocycles. The van der Waals surface area contributed by atoms with E-state index in [9.17, 15) is 10.1 Å². The monoisotopic (exact) mass is 453 g/mol. The summed E-state index contributed by atoms with van der Waals surface area (Å²) >= 11 is 3.74. The van der Waals surface area contributed by atoms with Gasteiger partial charge < -0.3 is 0 Å². The quantitative estimate of drug-likeness (QED) is 0.172. The van der Waals surface area contributed by atoms with Gasteiger partial charge in [0, 0.05) is 21.9 Å². The minimum atomic E-state index is -0.301. The molecule has 3 unspecified atom stereocenters. The Balaban J connectivity index is 1.58. The first-order chi connectivity index (χ1) is 15.6. The number of non-ortho nitro benzene ring substituents is 1. The van der Waals surface area contributed by atoms with Crippen molar-refractivity contribution in [2.45, 2.75) is 32.6 Å². The molecule has 4 aromatic carbocycles. The zero-order chi connectivity index (χ0) is 21.7. The summed E-state index contributed by atoms with van der Waals surface area (Å²) < 4.78 is -0.421. The molecule has 1 saturated heterocycles. The Hall–Kier alpha value is -2.76. The van der Waals surface area contributed by atoms with Crippen LogP contribution >= 0.6 is 23.5 Å². The molecule has 0 saturated carbocycles. The number of thioether (sulfide) groups is 1. The summed E-state index contributed by atoms with van der Waals surface area (Å²) in [7, 11) is 0. The molecule has 5 heteroatoms. The summed E-state index contributed by atoms with van der Waals surface area (Å²) in [5.41, 5.74) is 5.44. The van der Waals surface area contributed by atoms with Gasteiger partial charge in [-0.1, -0.05) is 73.3 Å². The second-order valence-corrected chi connectivity index (χ2v) is 11.5. The Labute approximate surface area is 194 Å². The Bertz CT molecular complexity index is 1480. The Morgan fingerprint density at radius 1 is 0.938 bits per heavy atom. The number of hydrogen-bond donors (Lipinski definition) is 0. The SMILES string of the molecule is CC1Cc2ccc3ccccc3c2C12SC21c2ccccc2Sc2ccc([N+](=O)[O-])cc21. The van der Waals surface area contributed by atoms with E-state index in [1.54, 1.807) is 17.8 Å². The van der Waals surface area contributed by atoms with Crippen LogP contribution in [0.1, 0.15) is 29.2 Å². The standard InChI is InChI=1S/C27H19NO2S2/c1-16-14-18-11-10-17-6-2-3-7-20(17)25(18)26(16)27(32-26)21-8-4-5-9-23(21)31-24-13-12-19(28(29)30)15-22(24)27/h2-13,15-16H,14H2,1H3. The highest BCUT2D eigenvalue weighted by Gasteiger charge is 2.77. The Morgan fingerprint density at radius 3 is 2.59 bits per heavy atom. The van der Waals surface area contributed by atoms with Crippen LogP contribution in [-0.4, -0.2) is 4.92 Å². The van der Waals surface area contributed by atoms with Gasteiger partial charge >= 0.3 is 0 Å². The van der Waals surface area contributed by atoms with Crippen LogP contribution in [0.4, 0.5) is 5.69 Å². The van der Waals surface area contributed by atoms with Crippen LogP contribution in [0.5, 0.6) is 0 Å². The molecule has 3 aliphatic rings. The molecule has 32 heavy (non-hydrogen) atoms. The van der Waals surface area contributed by atoms with Crippen molar-refractivity contribution in [3.63, 3.8) is 0 Å².